The number of rotatable bonds is 3. The van der Waals surface area contributed by atoms with Gasteiger partial charge in [-0.3, -0.25) is 4.79 Å². The van der Waals surface area contributed by atoms with E-state index in [1.54, 1.807) is 4.57 Å². The number of aromatic nitrogens is 2. The fourth-order valence-corrected chi connectivity index (χ4v) is 4.34. The molecular formula is C19H21FN4O2. The number of aryl methyl sites for hydroxylation is 1. The van der Waals surface area contributed by atoms with Gasteiger partial charge in [0.15, 0.2) is 17.5 Å². The van der Waals surface area contributed by atoms with E-state index in [0.717, 1.165) is 43.4 Å². The Morgan fingerprint density at radius 3 is 2.88 bits per heavy atom. The van der Waals surface area contributed by atoms with Crippen LogP contribution in [0.1, 0.15) is 30.9 Å². The molecule has 5 rings (SSSR count). The van der Waals surface area contributed by atoms with E-state index in [9.17, 15) is 4.79 Å². The van der Waals surface area contributed by atoms with Crippen molar-refractivity contribution >= 4 is 27.7 Å². The first-order valence-corrected chi connectivity index (χ1v) is 9.15. The second kappa shape index (κ2) is 5.54. The summed E-state index contributed by atoms with van der Waals surface area (Å²) in [5, 5.41) is 0.623. The molecule has 1 saturated carbocycles. The van der Waals surface area contributed by atoms with Gasteiger partial charge < -0.3 is 19.6 Å². The molecule has 1 saturated heterocycles. The monoisotopic (exact) mass is 356 g/mol. The zero-order valence-electron chi connectivity index (χ0n) is 14.7. The number of anilines is 1. The fraction of sp³-hybridized carbons (Fsp3) is 0.474. The predicted octanol–water partition coefficient (Wildman–Crippen LogP) is 2.71. The summed E-state index contributed by atoms with van der Waals surface area (Å²) >= 11 is 0. The van der Waals surface area contributed by atoms with Gasteiger partial charge in [-0.05, 0) is 50.3 Å². The maximum Gasteiger partial charge on any atom is 0.281 e. The van der Waals surface area contributed by atoms with Crippen LogP contribution in [0.2, 0.25) is 0 Å². The molecule has 2 fully saturated rings. The molecule has 2 aromatic heterocycles. The molecule has 0 amide bonds. The number of pyridine rings is 1. The minimum atomic E-state index is -0.286. The molecule has 136 valence electrons. The Bertz CT molecular complexity index is 1080. The van der Waals surface area contributed by atoms with Gasteiger partial charge >= 0.3 is 0 Å². The Kier molecular flexibility index (Phi) is 3.37. The minimum Gasteiger partial charge on any atom is -0.443 e. The molecule has 0 spiro atoms. The molecule has 0 radical (unpaired) electrons. The lowest BCUT2D eigenvalue weighted by Crippen LogP contribution is -2.26. The van der Waals surface area contributed by atoms with Crippen LogP contribution in [0.4, 0.5) is 10.1 Å². The number of nitrogens with two attached hydrogens (primary N) is 1. The average Bonchev–Trinajstić information content (AvgIpc) is 3.14. The SMILES string of the molecule is Cc1c(N2CCC(CN)C2)c(F)cc2c3ocnc3c(=O)n(C3CC3)c12. The van der Waals surface area contributed by atoms with Gasteiger partial charge in [0, 0.05) is 24.5 Å². The Hall–Kier alpha value is -2.41. The van der Waals surface area contributed by atoms with E-state index in [4.69, 9.17) is 10.2 Å². The van der Waals surface area contributed by atoms with Gasteiger partial charge in [0.25, 0.3) is 5.56 Å². The van der Waals surface area contributed by atoms with Gasteiger partial charge in [-0.1, -0.05) is 0 Å². The first-order valence-electron chi connectivity index (χ1n) is 9.15. The standard InChI is InChI=1S/C19H21FN4O2/c1-10-16-13(6-14(20)17(10)23-5-4-11(7-21)8-23)18-15(22-9-26-18)19(25)24(16)12-2-3-12/h6,9,11-12H,2-5,7-8,21H2,1H3. The highest BCUT2D eigenvalue weighted by molar-refractivity contribution is 6.03. The molecule has 2 N–H and O–H groups in total. The van der Waals surface area contributed by atoms with E-state index in [2.05, 4.69) is 9.88 Å². The van der Waals surface area contributed by atoms with Crippen LogP contribution < -0.4 is 16.2 Å². The number of fused-ring (bicyclic) bond motifs is 3. The third-order valence-electron chi connectivity index (χ3n) is 5.78. The topological polar surface area (TPSA) is 77.3 Å². The van der Waals surface area contributed by atoms with Gasteiger partial charge in [0.05, 0.1) is 11.2 Å². The number of hydrogen-bond acceptors (Lipinski definition) is 5. The van der Waals surface area contributed by atoms with Crippen molar-refractivity contribution in [3.05, 3.63) is 34.2 Å². The van der Waals surface area contributed by atoms with E-state index in [1.807, 2.05) is 6.92 Å². The number of halogens is 1. The van der Waals surface area contributed by atoms with Crippen molar-refractivity contribution in [2.75, 3.05) is 24.5 Å². The van der Waals surface area contributed by atoms with Gasteiger partial charge in [-0.15, -0.1) is 0 Å². The van der Waals surface area contributed by atoms with Gasteiger partial charge in [-0.25, -0.2) is 9.37 Å². The van der Waals surface area contributed by atoms with Crippen molar-refractivity contribution in [3.8, 4) is 0 Å². The van der Waals surface area contributed by atoms with Crippen LogP contribution in [0.5, 0.6) is 0 Å². The molecule has 1 aromatic carbocycles. The smallest absolute Gasteiger partial charge is 0.281 e. The highest BCUT2D eigenvalue weighted by Crippen LogP contribution is 2.41. The zero-order valence-corrected chi connectivity index (χ0v) is 14.7. The Balaban J connectivity index is 1.83. The summed E-state index contributed by atoms with van der Waals surface area (Å²) in [4.78, 5) is 19.1. The summed E-state index contributed by atoms with van der Waals surface area (Å²) < 4.78 is 22.4. The molecule has 1 unspecified atom stereocenters. The third-order valence-corrected chi connectivity index (χ3v) is 5.78. The van der Waals surface area contributed by atoms with Crippen molar-refractivity contribution in [2.24, 2.45) is 11.7 Å². The average molecular weight is 356 g/mol. The molecule has 0 bridgehead atoms. The number of nitrogens with zero attached hydrogens (tertiary/aromatic N) is 3. The van der Waals surface area contributed by atoms with Crippen LogP contribution in [0.15, 0.2) is 21.7 Å². The van der Waals surface area contributed by atoms with Crippen molar-refractivity contribution in [3.63, 3.8) is 0 Å². The molecule has 6 nitrogen and oxygen atoms in total. The molecule has 1 aliphatic heterocycles. The number of benzene rings is 1. The van der Waals surface area contributed by atoms with Gasteiger partial charge in [-0.2, -0.15) is 0 Å². The summed E-state index contributed by atoms with van der Waals surface area (Å²) in [5.74, 6) is 0.0956. The minimum absolute atomic E-state index is 0.148. The maximum atomic E-state index is 15.1. The van der Waals surface area contributed by atoms with E-state index in [0.29, 0.717) is 29.1 Å². The molecule has 3 aromatic rings. The van der Waals surface area contributed by atoms with Crippen molar-refractivity contribution in [1.29, 1.82) is 0 Å². The van der Waals surface area contributed by atoms with E-state index < -0.39 is 0 Å². The highest BCUT2D eigenvalue weighted by atomic mass is 19.1. The Morgan fingerprint density at radius 2 is 2.19 bits per heavy atom. The lowest BCUT2D eigenvalue weighted by Gasteiger charge is -2.24. The van der Waals surface area contributed by atoms with E-state index >= 15 is 4.39 Å². The largest absolute Gasteiger partial charge is 0.443 e. The fourth-order valence-electron chi connectivity index (χ4n) is 4.34. The molecule has 1 atom stereocenters. The first kappa shape index (κ1) is 15.8. The lowest BCUT2D eigenvalue weighted by molar-refractivity contribution is 0.596. The van der Waals surface area contributed by atoms with Crippen LogP contribution in [0.3, 0.4) is 0 Å². The molecular weight excluding hydrogens is 335 g/mol. The van der Waals surface area contributed by atoms with Gasteiger partial charge in [0.2, 0.25) is 0 Å². The molecule has 1 aliphatic carbocycles. The quantitative estimate of drug-likeness (QED) is 0.781. The molecule has 2 aliphatic rings. The second-order valence-corrected chi connectivity index (χ2v) is 7.50. The predicted molar refractivity (Wildman–Crippen MR) is 98.1 cm³/mol. The second-order valence-electron chi connectivity index (χ2n) is 7.50. The summed E-state index contributed by atoms with van der Waals surface area (Å²) in [6.07, 6.45) is 4.15. The zero-order chi connectivity index (χ0) is 18.0. The van der Waals surface area contributed by atoms with Crippen LogP contribution >= 0.6 is 0 Å². The van der Waals surface area contributed by atoms with E-state index in [1.165, 1.54) is 12.5 Å². The normalized spacial score (nSPS) is 20.6. The van der Waals surface area contributed by atoms with Crippen LogP contribution in [-0.2, 0) is 0 Å². The molecule has 26 heavy (non-hydrogen) atoms. The molecule has 7 heteroatoms. The molecule has 3 heterocycles. The summed E-state index contributed by atoms with van der Waals surface area (Å²) in [6.45, 7) is 4.04. The Labute approximate surface area is 149 Å². The van der Waals surface area contributed by atoms with Gasteiger partial charge in [0.1, 0.15) is 5.82 Å². The summed E-state index contributed by atoms with van der Waals surface area (Å²) in [6, 6.07) is 1.66. The Morgan fingerprint density at radius 1 is 1.38 bits per heavy atom. The summed E-state index contributed by atoms with van der Waals surface area (Å²) in [5.41, 5.74) is 8.45. The lowest BCUT2D eigenvalue weighted by atomic mass is 10.1. The third kappa shape index (κ3) is 2.13. The van der Waals surface area contributed by atoms with Crippen LogP contribution in [0.25, 0.3) is 22.0 Å². The first-order chi connectivity index (χ1) is 12.6. The van der Waals surface area contributed by atoms with Crippen molar-refractivity contribution < 1.29 is 8.81 Å². The summed E-state index contributed by atoms with van der Waals surface area (Å²) in [7, 11) is 0. The van der Waals surface area contributed by atoms with Crippen molar-refractivity contribution in [1.82, 2.24) is 9.55 Å². The van der Waals surface area contributed by atoms with Crippen molar-refractivity contribution in [2.45, 2.75) is 32.2 Å². The van der Waals surface area contributed by atoms with Crippen LogP contribution in [-0.4, -0.2) is 29.2 Å². The van der Waals surface area contributed by atoms with E-state index in [-0.39, 0.29) is 22.9 Å². The number of hydrogen-bond donors (Lipinski definition) is 1. The highest BCUT2D eigenvalue weighted by Gasteiger charge is 2.32. The number of oxazole rings is 1. The maximum absolute atomic E-state index is 15.1. The van der Waals surface area contributed by atoms with Crippen LogP contribution in [0, 0.1) is 18.7 Å².